The molecular formula is CH10O6S. The van der Waals surface area contributed by atoms with Crippen molar-refractivity contribution in [1.29, 1.82) is 0 Å². The Balaban J connectivity index is 0. The predicted octanol–water partition coefficient (Wildman–Crippen LogP) is -2.16. The van der Waals surface area contributed by atoms with E-state index in [0.29, 0.717) is 0 Å². The summed E-state index contributed by atoms with van der Waals surface area (Å²) in [7, 11) is 0. The van der Waals surface area contributed by atoms with Crippen molar-refractivity contribution in [3.63, 3.8) is 0 Å². The fourth-order valence-corrected chi connectivity index (χ4v) is 0. The Bertz CT molecular complexity index is 8.49. The van der Waals surface area contributed by atoms with Crippen LogP contribution < -0.4 is 0 Å². The average Bonchev–Trinajstić information content (AvgIpc) is 0. The minimum absolute atomic E-state index is 0. The third-order valence-corrected chi connectivity index (χ3v) is 0. The summed E-state index contributed by atoms with van der Waals surface area (Å²) in [5.74, 6) is 0. The molecule has 0 saturated carbocycles. The molecule has 0 aliphatic rings. The Morgan fingerprint density at radius 1 is 0.500 bits per heavy atom. The van der Waals surface area contributed by atoms with Gasteiger partial charge >= 0.3 is 7.43 Å². The van der Waals surface area contributed by atoms with Crippen LogP contribution in [0, 0.1) is 7.43 Å². The molecule has 0 rings (SSSR count). The predicted molar refractivity (Wildman–Crippen MR) is 28.6 cm³/mol. The summed E-state index contributed by atoms with van der Waals surface area (Å²) >= 11 is 0. The SMILES string of the molecule is O.O.S.[C+4].[OH-].[OH-].[OH-].[OH-]. The van der Waals surface area contributed by atoms with Crippen LogP contribution in [0.2, 0.25) is 0 Å². The Morgan fingerprint density at radius 2 is 0.500 bits per heavy atom. The van der Waals surface area contributed by atoms with Crippen LogP contribution in [0.4, 0.5) is 0 Å². The second-order valence-electron chi connectivity index (χ2n) is 0. The van der Waals surface area contributed by atoms with Crippen LogP contribution >= 0.6 is 13.5 Å². The molecule has 0 aliphatic carbocycles. The van der Waals surface area contributed by atoms with Crippen molar-refractivity contribution in [3.05, 3.63) is 7.43 Å². The van der Waals surface area contributed by atoms with E-state index in [4.69, 9.17) is 0 Å². The number of hydrogen-bond donors (Lipinski definition) is 0. The molecule has 0 spiro atoms. The minimum atomic E-state index is 0. The molecule has 0 radical (unpaired) electrons. The Labute approximate surface area is 54.8 Å². The summed E-state index contributed by atoms with van der Waals surface area (Å²) in [6.07, 6.45) is 0. The molecule has 0 fully saturated rings. The smallest absolute Gasteiger partial charge is 0.870 e. The molecule has 6 nitrogen and oxygen atoms in total. The second kappa shape index (κ2) is 21900. The van der Waals surface area contributed by atoms with Gasteiger partial charge < -0.3 is 32.9 Å². The van der Waals surface area contributed by atoms with Gasteiger partial charge in [-0.3, -0.25) is 0 Å². The van der Waals surface area contributed by atoms with Crippen LogP contribution in [0.3, 0.4) is 0 Å². The molecule has 0 aromatic carbocycles. The van der Waals surface area contributed by atoms with E-state index in [1.807, 2.05) is 0 Å². The van der Waals surface area contributed by atoms with Crippen LogP contribution in [0.5, 0.6) is 0 Å². The van der Waals surface area contributed by atoms with Crippen molar-refractivity contribution in [2.75, 3.05) is 0 Å². The summed E-state index contributed by atoms with van der Waals surface area (Å²) in [5, 5.41) is 0. The van der Waals surface area contributed by atoms with Crippen LogP contribution in [-0.2, 0) is 0 Å². The zero-order chi connectivity index (χ0) is 0. The summed E-state index contributed by atoms with van der Waals surface area (Å²) in [6, 6.07) is 0. The zero-order valence-electron chi connectivity index (χ0n) is 3.79. The Morgan fingerprint density at radius 3 is 0.500 bits per heavy atom. The van der Waals surface area contributed by atoms with Crippen LogP contribution in [0.15, 0.2) is 0 Å². The summed E-state index contributed by atoms with van der Waals surface area (Å²) < 4.78 is 0. The molecule has 8 heavy (non-hydrogen) atoms. The van der Waals surface area contributed by atoms with E-state index in [1.165, 1.54) is 0 Å². The molecule has 0 aliphatic heterocycles. The first-order valence-electron chi connectivity index (χ1n) is 0. The molecule has 56 valence electrons. The Hall–Kier alpha value is 0.110. The molecule has 0 aromatic heterocycles. The van der Waals surface area contributed by atoms with E-state index in [9.17, 15) is 0 Å². The molecule has 8 N–H and O–H groups in total. The molecular weight excluding hydrogens is 140 g/mol. The van der Waals surface area contributed by atoms with Crippen molar-refractivity contribution < 1.29 is 32.9 Å². The molecule has 7 heteroatoms. The third-order valence-electron chi connectivity index (χ3n) is 0. The quantitative estimate of drug-likeness (QED) is 0.380. The Kier molecular flexibility index (Phi) is 92900000. The summed E-state index contributed by atoms with van der Waals surface area (Å²) in [4.78, 5) is 0. The van der Waals surface area contributed by atoms with Crippen molar-refractivity contribution in [3.8, 4) is 0 Å². The summed E-state index contributed by atoms with van der Waals surface area (Å²) in [6.45, 7) is 0. The molecule has 0 aromatic rings. The van der Waals surface area contributed by atoms with Gasteiger partial charge in [-0.25, -0.2) is 0 Å². The first-order valence-corrected chi connectivity index (χ1v) is 0. The number of hydrogen-bond acceptors (Lipinski definition) is 4. The third kappa shape index (κ3) is 13200. The maximum absolute atomic E-state index is 0. The van der Waals surface area contributed by atoms with E-state index in [1.54, 1.807) is 0 Å². The van der Waals surface area contributed by atoms with Gasteiger partial charge in [0.1, 0.15) is 0 Å². The van der Waals surface area contributed by atoms with Crippen LogP contribution in [0.25, 0.3) is 0 Å². The van der Waals surface area contributed by atoms with Gasteiger partial charge in [-0.15, -0.1) is 0 Å². The van der Waals surface area contributed by atoms with Gasteiger partial charge in [0, 0.05) is 0 Å². The standard InChI is InChI=1S/C.6H2O.H2S/h;7*1H2/q+4;;;;;;;/p-4. The fraction of sp³-hybridized carbons (Fsp3) is 0. The molecule has 0 atom stereocenters. The van der Waals surface area contributed by atoms with Gasteiger partial charge in [-0.1, -0.05) is 0 Å². The number of rotatable bonds is 0. The zero-order valence-corrected chi connectivity index (χ0v) is 4.79. The fourth-order valence-electron chi connectivity index (χ4n) is 0. The molecule has 0 bridgehead atoms. The molecule has 0 unspecified atom stereocenters. The summed E-state index contributed by atoms with van der Waals surface area (Å²) in [5.41, 5.74) is 0. The largest absolute Gasteiger partial charge is 4.00 e. The first-order chi connectivity index (χ1) is 0. The van der Waals surface area contributed by atoms with Crippen LogP contribution in [-0.4, -0.2) is 32.9 Å². The molecule has 0 saturated heterocycles. The minimum Gasteiger partial charge on any atom is -0.870 e. The van der Waals surface area contributed by atoms with Gasteiger partial charge in [0.15, 0.2) is 0 Å². The molecule has 0 amide bonds. The monoisotopic (exact) mass is 150 g/mol. The van der Waals surface area contributed by atoms with Gasteiger partial charge in [-0.2, -0.15) is 13.5 Å². The van der Waals surface area contributed by atoms with Gasteiger partial charge in [0.25, 0.3) is 0 Å². The van der Waals surface area contributed by atoms with Crippen LogP contribution in [0.1, 0.15) is 0 Å². The van der Waals surface area contributed by atoms with E-state index in [-0.39, 0.29) is 53.8 Å². The molecule has 0 heterocycles. The van der Waals surface area contributed by atoms with Crippen molar-refractivity contribution in [2.24, 2.45) is 0 Å². The normalized spacial score (nSPS) is 0. The van der Waals surface area contributed by atoms with Crippen molar-refractivity contribution >= 4 is 13.5 Å². The van der Waals surface area contributed by atoms with E-state index in [0.717, 1.165) is 0 Å². The van der Waals surface area contributed by atoms with Gasteiger partial charge in [0.2, 0.25) is 0 Å². The van der Waals surface area contributed by atoms with E-state index >= 15 is 0 Å². The van der Waals surface area contributed by atoms with Crippen molar-refractivity contribution in [1.82, 2.24) is 0 Å². The maximum Gasteiger partial charge on any atom is 4.00 e. The van der Waals surface area contributed by atoms with Gasteiger partial charge in [-0.05, 0) is 0 Å². The maximum atomic E-state index is 0. The van der Waals surface area contributed by atoms with E-state index < -0.39 is 0 Å². The van der Waals surface area contributed by atoms with E-state index in [2.05, 4.69) is 0 Å². The van der Waals surface area contributed by atoms with Gasteiger partial charge in [0.05, 0.1) is 0 Å². The van der Waals surface area contributed by atoms with Crippen molar-refractivity contribution in [2.45, 2.75) is 0 Å². The first kappa shape index (κ1) is 33900. The average molecular weight is 150 g/mol. The second-order valence-corrected chi connectivity index (χ2v) is 0. The topological polar surface area (TPSA) is 183 Å².